The largest absolute Gasteiger partial charge is 0.339 e. The number of aromatic nitrogens is 2. The summed E-state index contributed by atoms with van der Waals surface area (Å²) in [5.74, 6) is 1.25. The van der Waals surface area contributed by atoms with Gasteiger partial charge in [-0.15, -0.1) is 0 Å². The second-order valence-corrected chi connectivity index (χ2v) is 9.90. The highest BCUT2D eigenvalue weighted by molar-refractivity contribution is 7.89. The summed E-state index contributed by atoms with van der Waals surface area (Å²) in [6.07, 6.45) is 1.60. The molecule has 0 radical (unpaired) electrons. The molecule has 0 aliphatic carbocycles. The molecule has 164 valence electrons. The van der Waals surface area contributed by atoms with Crippen LogP contribution in [0.25, 0.3) is 11.4 Å². The van der Waals surface area contributed by atoms with E-state index in [1.54, 1.807) is 10.4 Å². The summed E-state index contributed by atoms with van der Waals surface area (Å²) < 4.78 is 33.1. The fourth-order valence-corrected chi connectivity index (χ4v) is 5.56. The van der Waals surface area contributed by atoms with Crippen molar-refractivity contribution >= 4 is 10.0 Å². The van der Waals surface area contributed by atoms with Crippen molar-refractivity contribution in [2.45, 2.75) is 31.6 Å². The zero-order chi connectivity index (χ0) is 21.8. The molecule has 0 unspecified atom stereocenters. The second kappa shape index (κ2) is 9.30. The van der Waals surface area contributed by atoms with Crippen LogP contribution in [-0.4, -0.2) is 60.5 Å². The lowest BCUT2D eigenvalue weighted by Crippen LogP contribution is -2.48. The molecule has 0 N–H and O–H groups in total. The molecule has 4 rings (SSSR count). The van der Waals surface area contributed by atoms with Gasteiger partial charge in [0.1, 0.15) is 0 Å². The molecule has 31 heavy (non-hydrogen) atoms. The lowest BCUT2D eigenvalue weighted by Gasteiger charge is -2.34. The number of benzene rings is 2. The van der Waals surface area contributed by atoms with Gasteiger partial charge in [0.25, 0.3) is 0 Å². The van der Waals surface area contributed by atoms with Gasteiger partial charge >= 0.3 is 0 Å². The standard InChI is InChI=1S/C23H28N4O3S/c1-18-10-11-19(2)21(17-18)31(28,29)27-15-13-26(14-16-27)12-6-9-22-24-23(25-30-22)20-7-4-3-5-8-20/h3-5,7-8,10-11,17H,6,9,12-16H2,1-2H3. The fraction of sp³-hybridized carbons (Fsp3) is 0.391. The minimum atomic E-state index is -3.45. The Hall–Kier alpha value is -2.55. The second-order valence-electron chi connectivity index (χ2n) is 8.00. The average Bonchev–Trinajstić information content (AvgIpc) is 3.25. The smallest absolute Gasteiger partial charge is 0.243 e. The zero-order valence-electron chi connectivity index (χ0n) is 18.0. The number of nitrogens with zero attached hydrogens (tertiary/aromatic N) is 4. The van der Waals surface area contributed by atoms with Gasteiger partial charge < -0.3 is 9.42 Å². The maximum absolute atomic E-state index is 13.1. The molecule has 3 aromatic rings. The third-order valence-corrected chi connectivity index (χ3v) is 7.70. The Kier molecular flexibility index (Phi) is 6.50. The number of aryl methyl sites for hydroxylation is 3. The fourth-order valence-electron chi connectivity index (χ4n) is 3.83. The summed E-state index contributed by atoms with van der Waals surface area (Å²) in [6, 6.07) is 15.4. The molecular formula is C23H28N4O3S. The topological polar surface area (TPSA) is 79.5 Å². The molecule has 1 fully saturated rings. The number of hydrogen-bond acceptors (Lipinski definition) is 6. The van der Waals surface area contributed by atoms with Crippen molar-refractivity contribution in [2.75, 3.05) is 32.7 Å². The molecule has 8 heteroatoms. The normalized spacial score (nSPS) is 15.9. The van der Waals surface area contributed by atoms with Crippen LogP contribution >= 0.6 is 0 Å². The highest BCUT2D eigenvalue weighted by atomic mass is 32.2. The molecule has 0 saturated carbocycles. The van der Waals surface area contributed by atoms with E-state index in [9.17, 15) is 8.42 Å². The number of piperazine rings is 1. The van der Waals surface area contributed by atoms with Crippen molar-refractivity contribution < 1.29 is 12.9 Å². The van der Waals surface area contributed by atoms with Gasteiger partial charge in [0.2, 0.25) is 21.7 Å². The van der Waals surface area contributed by atoms with Crippen LogP contribution in [0.3, 0.4) is 0 Å². The Bertz CT molecular complexity index is 1120. The molecule has 7 nitrogen and oxygen atoms in total. The maximum atomic E-state index is 13.1. The van der Waals surface area contributed by atoms with E-state index >= 15 is 0 Å². The third-order valence-electron chi connectivity index (χ3n) is 5.66. The molecule has 1 aromatic heterocycles. The van der Waals surface area contributed by atoms with Crippen molar-refractivity contribution in [1.82, 2.24) is 19.3 Å². The van der Waals surface area contributed by atoms with E-state index in [-0.39, 0.29) is 0 Å². The van der Waals surface area contributed by atoms with Crippen molar-refractivity contribution in [1.29, 1.82) is 0 Å². The summed E-state index contributed by atoms with van der Waals surface area (Å²) >= 11 is 0. The molecule has 2 heterocycles. The maximum Gasteiger partial charge on any atom is 0.243 e. The van der Waals surface area contributed by atoms with Crippen LogP contribution in [0.1, 0.15) is 23.4 Å². The average molecular weight is 441 g/mol. The molecular weight excluding hydrogens is 412 g/mol. The van der Waals surface area contributed by atoms with Crippen molar-refractivity contribution in [3.63, 3.8) is 0 Å². The Morgan fingerprint density at radius 1 is 1.00 bits per heavy atom. The van der Waals surface area contributed by atoms with Crippen LogP contribution in [0.2, 0.25) is 0 Å². The molecule has 0 atom stereocenters. The first kappa shape index (κ1) is 21.7. The first-order chi connectivity index (χ1) is 14.9. The van der Waals surface area contributed by atoms with E-state index < -0.39 is 10.0 Å². The van der Waals surface area contributed by atoms with E-state index in [1.165, 1.54) is 0 Å². The number of rotatable bonds is 7. The molecule has 1 aliphatic rings. The molecule has 2 aromatic carbocycles. The summed E-state index contributed by atoms with van der Waals surface area (Å²) in [6.45, 7) is 7.11. The van der Waals surface area contributed by atoms with Crippen LogP contribution in [0, 0.1) is 13.8 Å². The van der Waals surface area contributed by atoms with Crippen LogP contribution in [0.15, 0.2) is 57.9 Å². The van der Waals surface area contributed by atoms with Crippen LogP contribution in [-0.2, 0) is 16.4 Å². The number of hydrogen-bond donors (Lipinski definition) is 0. The molecule has 0 spiro atoms. The van der Waals surface area contributed by atoms with Crippen LogP contribution in [0.4, 0.5) is 0 Å². The summed E-state index contributed by atoms with van der Waals surface area (Å²) in [4.78, 5) is 7.19. The monoisotopic (exact) mass is 440 g/mol. The highest BCUT2D eigenvalue weighted by Gasteiger charge is 2.29. The van der Waals surface area contributed by atoms with Crippen molar-refractivity contribution in [2.24, 2.45) is 0 Å². The minimum Gasteiger partial charge on any atom is -0.339 e. The Balaban J connectivity index is 1.27. The van der Waals surface area contributed by atoms with Crippen LogP contribution in [0.5, 0.6) is 0 Å². The lowest BCUT2D eigenvalue weighted by atomic mass is 10.2. The molecule has 0 bridgehead atoms. The van der Waals surface area contributed by atoms with E-state index in [2.05, 4.69) is 15.0 Å². The van der Waals surface area contributed by atoms with Gasteiger partial charge in [-0.3, -0.25) is 0 Å². The van der Waals surface area contributed by atoms with E-state index in [0.717, 1.165) is 42.7 Å². The van der Waals surface area contributed by atoms with Crippen molar-refractivity contribution in [3.05, 3.63) is 65.5 Å². The molecule has 0 amide bonds. The summed E-state index contributed by atoms with van der Waals surface area (Å²) in [5, 5.41) is 4.06. The van der Waals surface area contributed by atoms with E-state index in [4.69, 9.17) is 4.52 Å². The highest BCUT2D eigenvalue weighted by Crippen LogP contribution is 2.22. The van der Waals surface area contributed by atoms with Gasteiger partial charge in [0.05, 0.1) is 4.90 Å². The van der Waals surface area contributed by atoms with Gasteiger partial charge in [0, 0.05) is 38.2 Å². The minimum absolute atomic E-state index is 0.423. The summed E-state index contributed by atoms with van der Waals surface area (Å²) in [7, 11) is -3.45. The van der Waals surface area contributed by atoms with Gasteiger partial charge in [0.15, 0.2) is 0 Å². The predicted molar refractivity (Wildman–Crippen MR) is 119 cm³/mol. The first-order valence-electron chi connectivity index (χ1n) is 10.6. The first-order valence-corrected chi connectivity index (χ1v) is 12.1. The number of sulfonamides is 1. The third kappa shape index (κ3) is 5.03. The Labute approximate surface area is 183 Å². The van der Waals surface area contributed by atoms with Gasteiger partial charge in [-0.1, -0.05) is 47.6 Å². The molecule has 1 aliphatic heterocycles. The van der Waals surface area contributed by atoms with Crippen LogP contribution < -0.4 is 0 Å². The van der Waals surface area contributed by atoms with Crippen molar-refractivity contribution in [3.8, 4) is 11.4 Å². The Morgan fingerprint density at radius 2 is 1.74 bits per heavy atom. The molecule has 1 saturated heterocycles. The van der Waals surface area contributed by atoms with Gasteiger partial charge in [-0.05, 0) is 44.0 Å². The van der Waals surface area contributed by atoms with Gasteiger partial charge in [-0.2, -0.15) is 9.29 Å². The Morgan fingerprint density at radius 3 is 2.48 bits per heavy atom. The van der Waals surface area contributed by atoms with E-state index in [0.29, 0.717) is 36.1 Å². The SMILES string of the molecule is Cc1ccc(C)c(S(=O)(=O)N2CCN(CCCc3nc(-c4ccccc4)no3)CC2)c1. The zero-order valence-corrected chi connectivity index (χ0v) is 18.8. The van der Waals surface area contributed by atoms with Gasteiger partial charge in [-0.25, -0.2) is 8.42 Å². The lowest BCUT2D eigenvalue weighted by molar-refractivity contribution is 0.185. The predicted octanol–water partition coefficient (Wildman–Crippen LogP) is 3.29. The van der Waals surface area contributed by atoms with E-state index in [1.807, 2.05) is 56.3 Å². The summed E-state index contributed by atoms with van der Waals surface area (Å²) in [5.41, 5.74) is 2.69. The quantitative estimate of drug-likeness (QED) is 0.561.